The summed E-state index contributed by atoms with van der Waals surface area (Å²) >= 11 is 0. The van der Waals surface area contributed by atoms with Gasteiger partial charge < -0.3 is 23.5 Å². The number of hydrogen-bond donors (Lipinski definition) is 0. The highest BCUT2D eigenvalue weighted by Gasteiger charge is 2.44. The van der Waals surface area contributed by atoms with Crippen LogP contribution >= 0.6 is 0 Å². The Hall–Kier alpha value is -3.39. The van der Waals surface area contributed by atoms with Gasteiger partial charge in [-0.3, -0.25) is 9.59 Å². The van der Waals surface area contributed by atoms with Gasteiger partial charge in [0, 0.05) is 13.2 Å². The Balaban J connectivity index is 1.64. The molecule has 184 valence electrons. The maximum absolute atomic E-state index is 14.0. The van der Waals surface area contributed by atoms with Gasteiger partial charge in [0.25, 0.3) is 5.91 Å². The molecule has 2 aromatic carbocycles. The van der Waals surface area contributed by atoms with Gasteiger partial charge in [-0.15, -0.1) is 0 Å². The van der Waals surface area contributed by atoms with E-state index in [-0.39, 0.29) is 34.3 Å². The Bertz CT molecular complexity index is 1330. The van der Waals surface area contributed by atoms with Gasteiger partial charge in [0.1, 0.15) is 11.4 Å². The number of halogens is 1. The van der Waals surface area contributed by atoms with Gasteiger partial charge in [-0.25, -0.2) is 4.39 Å². The van der Waals surface area contributed by atoms with Crippen molar-refractivity contribution in [3.05, 3.63) is 69.3 Å². The molecule has 0 radical (unpaired) electrons. The van der Waals surface area contributed by atoms with E-state index < -0.39 is 17.3 Å². The van der Waals surface area contributed by atoms with Crippen LogP contribution in [-0.2, 0) is 4.74 Å². The van der Waals surface area contributed by atoms with E-state index in [9.17, 15) is 14.0 Å². The maximum atomic E-state index is 14.0. The molecule has 2 aliphatic heterocycles. The van der Waals surface area contributed by atoms with Crippen molar-refractivity contribution in [2.75, 3.05) is 26.9 Å². The fraction of sp³-hybridized carbons (Fsp3) is 0.407. The van der Waals surface area contributed by atoms with Crippen LogP contribution in [0.2, 0.25) is 0 Å². The van der Waals surface area contributed by atoms with Crippen molar-refractivity contribution < 1.29 is 27.8 Å². The SMILES string of the molecule is COc1cc([C@H]2c3c(oc4ccc(F)cc4c3=O)C(=O)N2C[C@@H]2CCCO2)ccc1OCC(C)C. The number of rotatable bonds is 7. The molecule has 3 heterocycles. The van der Waals surface area contributed by atoms with Crippen LogP contribution in [0.3, 0.4) is 0 Å². The minimum atomic E-state index is -0.723. The quantitative estimate of drug-likeness (QED) is 0.487. The first-order valence-electron chi connectivity index (χ1n) is 11.9. The van der Waals surface area contributed by atoms with E-state index in [0.29, 0.717) is 42.7 Å². The van der Waals surface area contributed by atoms with Crippen molar-refractivity contribution in [1.82, 2.24) is 4.90 Å². The summed E-state index contributed by atoms with van der Waals surface area (Å²) < 4.78 is 37.1. The molecule has 1 aromatic heterocycles. The molecular weight excluding hydrogens is 453 g/mol. The molecular formula is C27H28FNO6. The fourth-order valence-electron chi connectivity index (χ4n) is 4.77. The van der Waals surface area contributed by atoms with Crippen molar-refractivity contribution >= 4 is 16.9 Å². The predicted molar refractivity (Wildman–Crippen MR) is 128 cm³/mol. The molecule has 0 aliphatic carbocycles. The lowest BCUT2D eigenvalue weighted by atomic mass is 9.97. The molecule has 0 spiro atoms. The van der Waals surface area contributed by atoms with E-state index in [0.717, 1.165) is 18.9 Å². The molecule has 1 saturated heterocycles. The highest BCUT2D eigenvalue weighted by molar-refractivity contribution is 5.99. The van der Waals surface area contributed by atoms with Crippen LogP contribution in [0.1, 0.15) is 54.4 Å². The highest BCUT2D eigenvalue weighted by Crippen LogP contribution is 2.41. The summed E-state index contributed by atoms with van der Waals surface area (Å²) in [7, 11) is 1.55. The first-order chi connectivity index (χ1) is 16.9. The zero-order valence-electron chi connectivity index (χ0n) is 20.0. The first-order valence-corrected chi connectivity index (χ1v) is 11.9. The number of nitrogens with zero attached hydrogens (tertiary/aromatic N) is 1. The lowest BCUT2D eigenvalue weighted by Gasteiger charge is -2.28. The van der Waals surface area contributed by atoms with Crippen LogP contribution in [0.5, 0.6) is 11.5 Å². The monoisotopic (exact) mass is 481 g/mol. The van der Waals surface area contributed by atoms with E-state index in [1.807, 2.05) is 6.07 Å². The van der Waals surface area contributed by atoms with Gasteiger partial charge in [0.05, 0.1) is 36.8 Å². The summed E-state index contributed by atoms with van der Waals surface area (Å²) in [5.74, 6) is 0.457. The third kappa shape index (κ3) is 4.27. The van der Waals surface area contributed by atoms with Crippen molar-refractivity contribution in [3.8, 4) is 11.5 Å². The smallest absolute Gasteiger partial charge is 0.291 e. The third-order valence-electron chi connectivity index (χ3n) is 6.43. The second kappa shape index (κ2) is 9.34. The number of amides is 1. The zero-order valence-corrected chi connectivity index (χ0v) is 20.0. The number of benzene rings is 2. The summed E-state index contributed by atoms with van der Waals surface area (Å²) in [6, 6.07) is 8.39. The summed E-state index contributed by atoms with van der Waals surface area (Å²) in [5, 5.41) is 0.101. The van der Waals surface area contributed by atoms with Crippen LogP contribution in [0.4, 0.5) is 4.39 Å². The van der Waals surface area contributed by atoms with Crippen molar-refractivity contribution in [3.63, 3.8) is 0 Å². The van der Waals surface area contributed by atoms with Gasteiger partial charge in [-0.1, -0.05) is 19.9 Å². The summed E-state index contributed by atoms with van der Waals surface area (Å²) in [5.41, 5.74) is 0.625. The van der Waals surface area contributed by atoms with E-state index >= 15 is 0 Å². The van der Waals surface area contributed by atoms with Crippen molar-refractivity contribution in [1.29, 1.82) is 0 Å². The van der Waals surface area contributed by atoms with E-state index in [4.69, 9.17) is 18.6 Å². The average molecular weight is 482 g/mol. The molecule has 0 bridgehead atoms. The number of methoxy groups -OCH3 is 1. The molecule has 1 amide bonds. The topological polar surface area (TPSA) is 78.2 Å². The van der Waals surface area contributed by atoms with Crippen LogP contribution in [0.15, 0.2) is 45.6 Å². The van der Waals surface area contributed by atoms with Gasteiger partial charge in [0.15, 0.2) is 16.9 Å². The second-order valence-electron chi connectivity index (χ2n) is 9.42. The maximum Gasteiger partial charge on any atom is 0.291 e. The van der Waals surface area contributed by atoms with Gasteiger partial charge in [-0.05, 0) is 54.7 Å². The van der Waals surface area contributed by atoms with E-state index in [2.05, 4.69) is 13.8 Å². The Kier molecular flexibility index (Phi) is 6.23. The number of carbonyl (C=O) groups is 1. The third-order valence-corrected chi connectivity index (χ3v) is 6.43. The molecule has 3 aromatic rings. The fourth-order valence-corrected chi connectivity index (χ4v) is 4.77. The van der Waals surface area contributed by atoms with Gasteiger partial charge >= 0.3 is 0 Å². The molecule has 0 saturated carbocycles. The van der Waals surface area contributed by atoms with Gasteiger partial charge in [0.2, 0.25) is 5.76 Å². The highest BCUT2D eigenvalue weighted by atomic mass is 19.1. The van der Waals surface area contributed by atoms with Crippen LogP contribution in [0, 0.1) is 11.7 Å². The Morgan fingerprint density at radius 3 is 2.69 bits per heavy atom. The molecule has 0 N–H and O–H groups in total. The second-order valence-corrected chi connectivity index (χ2v) is 9.42. The first kappa shape index (κ1) is 23.4. The Morgan fingerprint density at radius 2 is 1.97 bits per heavy atom. The van der Waals surface area contributed by atoms with Crippen LogP contribution in [0.25, 0.3) is 11.0 Å². The normalized spacial score (nSPS) is 19.6. The summed E-state index contributed by atoms with van der Waals surface area (Å²) in [4.78, 5) is 28.7. The molecule has 5 rings (SSSR count). The average Bonchev–Trinajstić information content (AvgIpc) is 3.45. The standard InChI is InChI=1S/C27H28FNO6/c1-15(2)14-34-21-8-6-16(11-22(21)32-3)24-23-25(30)19-12-17(28)7-9-20(19)35-26(23)27(31)29(24)13-18-5-4-10-33-18/h6-9,11-12,15,18,24H,4-5,10,13-14H2,1-3H3/t18-,24-/m0/s1. The molecule has 7 nitrogen and oxygen atoms in total. The zero-order chi connectivity index (χ0) is 24.7. The summed E-state index contributed by atoms with van der Waals surface area (Å²) in [6.45, 7) is 5.58. The minimum absolute atomic E-state index is 0.0174. The van der Waals surface area contributed by atoms with Crippen molar-refractivity contribution in [2.45, 2.75) is 38.8 Å². The largest absolute Gasteiger partial charge is 0.493 e. The summed E-state index contributed by atoms with van der Waals surface area (Å²) in [6.07, 6.45) is 1.61. The molecule has 2 aliphatic rings. The Labute approximate surface area is 202 Å². The van der Waals surface area contributed by atoms with E-state index in [1.165, 1.54) is 12.1 Å². The van der Waals surface area contributed by atoms with Crippen molar-refractivity contribution in [2.24, 2.45) is 5.92 Å². The lowest BCUT2D eigenvalue weighted by molar-refractivity contribution is 0.0486. The van der Waals surface area contributed by atoms with Gasteiger partial charge in [-0.2, -0.15) is 0 Å². The number of carbonyl (C=O) groups excluding carboxylic acids is 1. The van der Waals surface area contributed by atoms with E-state index in [1.54, 1.807) is 24.1 Å². The minimum Gasteiger partial charge on any atom is -0.493 e. The molecule has 0 unspecified atom stereocenters. The number of hydrogen-bond acceptors (Lipinski definition) is 6. The molecule has 2 atom stereocenters. The molecule has 8 heteroatoms. The molecule has 1 fully saturated rings. The predicted octanol–water partition coefficient (Wildman–Crippen LogP) is 4.70. The number of fused-ring (bicyclic) bond motifs is 2. The van der Waals surface area contributed by atoms with Crippen LogP contribution < -0.4 is 14.9 Å². The Morgan fingerprint density at radius 1 is 1.14 bits per heavy atom. The lowest BCUT2D eigenvalue weighted by Crippen LogP contribution is -2.36. The number of ether oxygens (including phenoxy) is 3. The van der Waals surface area contributed by atoms with Crippen LogP contribution in [-0.4, -0.2) is 43.8 Å². The molecule has 35 heavy (non-hydrogen) atoms.